The van der Waals surface area contributed by atoms with E-state index in [-0.39, 0.29) is 0 Å². The molecule has 5 rings (SSSR count). The van der Waals surface area contributed by atoms with Gasteiger partial charge in [-0.3, -0.25) is 4.90 Å². The van der Waals surface area contributed by atoms with E-state index in [1.54, 1.807) is 11.8 Å². The highest BCUT2D eigenvalue weighted by atomic mass is 16.5. The van der Waals surface area contributed by atoms with E-state index in [1.807, 2.05) is 54.6 Å². The molecule has 1 fully saturated rings. The molecule has 33 heavy (non-hydrogen) atoms. The Balaban J connectivity index is 1.65. The Kier molecular flexibility index (Phi) is 5.60. The highest BCUT2D eigenvalue weighted by molar-refractivity contribution is 5.99. The Hall–Kier alpha value is -3.65. The lowest BCUT2D eigenvalue weighted by Crippen LogP contribution is -2.49. The number of hydrogen-bond acceptors (Lipinski definition) is 7. The summed E-state index contributed by atoms with van der Waals surface area (Å²) in [6.07, 6.45) is 0. The van der Waals surface area contributed by atoms with E-state index in [0.717, 1.165) is 54.3 Å². The van der Waals surface area contributed by atoms with E-state index in [4.69, 9.17) is 25.5 Å². The summed E-state index contributed by atoms with van der Waals surface area (Å²) in [7, 11) is 1.66. The van der Waals surface area contributed by atoms with Crippen LogP contribution in [0, 0.1) is 0 Å². The summed E-state index contributed by atoms with van der Waals surface area (Å²) in [4.78, 5) is 14.6. The van der Waals surface area contributed by atoms with Gasteiger partial charge in [-0.2, -0.15) is 4.98 Å². The van der Waals surface area contributed by atoms with Gasteiger partial charge in [0.1, 0.15) is 11.6 Å². The molecular weight excluding hydrogens is 414 g/mol. The summed E-state index contributed by atoms with van der Waals surface area (Å²) in [5.41, 5.74) is 9.79. The van der Waals surface area contributed by atoms with Gasteiger partial charge in [0.15, 0.2) is 5.65 Å². The van der Waals surface area contributed by atoms with Crippen LogP contribution >= 0.6 is 0 Å². The smallest absolute Gasteiger partial charge is 0.228 e. The predicted octanol–water partition coefficient (Wildman–Crippen LogP) is 3.60. The third-order valence-corrected chi connectivity index (χ3v) is 6.23. The quantitative estimate of drug-likeness (QED) is 0.504. The number of aromatic nitrogens is 4. The van der Waals surface area contributed by atoms with E-state index in [1.165, 1.54) is 0 Å². The van der Waals surface area contributed by atoms with Crippen molar-refractivity contribution in [3.8, 4) is 22.7 Å². The van der Waals surface area contributed by atoms with Crippen molar-refractivity contribution >= 4 is 22.8 Å². The second-order valence-corrected chi connectivity index (χ2v) is 8.55. The standard InChI is InChI=1S/C25H29N7O/c1-17(2)30-12-14-31(15-13-30)25-27-22(18-8-7-11-20(16-18)33-3)21-23(26)32(29-24(21)28-25)19-9-5-4-6-10-19/h4-11,16-17H,12-15,26H2,1-3H3. The van der Waals surface area contributed by atoms with E-state index in [0.29, 0.717) is 23.5 Å². The Labute approximate surface area is 193 Å². The van der Waals surface area contributed by atoms with Crippen LogP contribution in [0.3, 0.4) is 0 Å². The number of ether oxygens (including phenoxy) is 1. The number of anilines is 2. The Morgan fingerprint density at radius 2 is 1.70 bits per heavy atom. The summed E-state index contributed by atoms with van der Waals surface area (Å²) < 4.78 is 7.20. The van der Waals surface area contributed by atoms with E-state index < -0.39 is 0 Å². The second kappa shape index (κ2) is 8.71. The third kappa shape index (κ3) is 3.98. The summed E-state index contributed by atoms with van der Waals surface area (Å²) in [6.45, 7) is 8.17. The van der Waals surface area contributed by atoms with Gasteiger partial charge in [0.2, 0.25) is 5.95 Å². The molecule has 4 aromatic rings. The molecule has 2 N–H and O–H groups in total. The molecule has 0 amide bonds. The average Bonchev–Trinajstić information content (AvgIpc) is 3.20. The van der Waals surface area contributed by atoms with Crippen molar-refractivity contribution < 1.29 is 4.74 Å². The molecule has 0 radical (unpaired) electrons. The molecule has 0 aliphatic carbocycles. The maximum Gasteiger partial charge on any atom is 0.228 e. The van der Waals surface area contributed by atoms with E-state index in [2.05, 4.69) is 23.6 Å². The number of fused-ring (bicyclic) bond motifs is 1. The fourth-order valence-corrected chi connectivity index (χ4v) is 4.33. The van der Waals surface area contributed by atoms with E-state index >= 15 is 0 Å². The maximum absolute atomic E-state index is 6.63. The van der Waals surface area contributed by atoms with Crippen molar-refractivity contribution in [3.63, 3.8) is 0 Å². The normalized spacial score (nSPS) is 14.8. The van der Waals surface area contributed by atoms with Crippen molar-refractivity contribution in [2.24, 2.45) is 0 Å². The largest absolute Gasteiger partial charge is 0.497 e. The van der Waals surface area contributed by atoms with Crippen LogP contribution in [-0.4, -0.2) is 64.0 Å². The minimum Gasteiger partial charge on any atom is -0.497 e. The van der Waals surface area contributed by atoms with E-state index in [9.17, 15) is 0 Å². The minimum atomic E-state index is 0.519. The van der Waals surface area contributed by atoms with Crippen LogP contribution in [0.2, 0.25) is 0 Å². The zero-order valence-corrected chi connectivity index (χ0v) is 19.3. The monoisotopic (exact) mass is 443 g/mol. The van der Waals surface area contributed by atoms with Crippen molar-refractivity contribution in [1.82, 2.24) is 24.6 Å². The van der Waals surface area contributed by atoms with Crippen LogP contribution < -0.4 is 15.4 Å². The molecular formula is C25H29N7O. The van der Waals surface area contributed by atoms with Crippen LogP contribution in [0.4, 0.5) is 11.8 Å². The van der Waals surface area contributed by atoms with Gasteiger partial charge in [0.25, 0.3) is 0 Å². The summed E-state index contributed by atoms with van der Waals surface area (Å²) in [6, 6.07) is 18.3. The van der Waals surface area contributed by atoms with Gasteiger partial charge in [0.05, 0.1) is 23.9 Å². The van der Waals surface area contributed by atoms with Gasteiger partial charge in [-0.1, -0.05) is 30.3 Å². The molecule has 1 aliphatic rings. The predicted molar refractivity (Wildman–Crippen MR) is 132 cm³/mol. The van der Waals surface area contributed by atoms with Crippen molar-refractivity contribution in [2.45, 2.75) is 19.9 Å². The number of rotatable bonds is 5. The molecule has 8 heteroatoms. The van der Waals surface area contributed by atoms with Crippen molar-refractivity contribution in [2.75, 3.05) is 43.9 Å². The maximum atomic E-state index is 6.63. The summed E-state index contributed by atoms with van der Waals surface area (Å²) in [5.74, 6) is 1.96. The molecule has 8 nitrogen and oxygen atoms in total. The summed E-state index contributed by atoms with van der Waals surface area (Å²) >= 11 is 0. The number of nitrogens with zero attached hydrogens (tertiary/aromatic N) is 6. The van der Waals surface area contributed by atoms with Crippen molar-refractivity contribution in [3.05, 3.63) is 54.6 Å². The first-order valence-electron chi connectivity index (χ1n) is 11.3. The Morgan fingerprint density at radius 1 is 0.939 bits per heavy atom. The zero-order chi connectivity index (χ0) is 22.9. The van der Waals surface area contributed by atoms with Crippen LogP contribution in [0.15, 0.2) is 54.6 Å². The Bertz CT molecular complexity index is 1260. The molecule has 2 aromatic heterocycles. The fourth-order valence-electron chi connectivity index (χ4n) is 4.33. The number of piperazine rings is 1. The molecule has 1 aliphatic heterocycles. The van der Waals surface area contributed by atoms with Crippen LogP contribution in [0.5, 0.6) is 5.75 Å². The lowest BCUT2D eigenvalue weighted by molar-refractivity contribution is 0.208. The first-order chi connectivity index (χ1) is 16.0. The van der Waals surface area contributed by atoms with Gasteiger partial charge in [-0.25, -0.2) is 9.67 Å². The second-order valence-electron chi connectivity index (χ2n) is 8.55. The molecule has 0 bridgehead atoms. The number of nitrogens with two attached hydrogens (primary N) is 1. The van der Waals surface area contributed by atoms with Gasteiger partial charge in [-0.15, -0.1) is 5.10 Å². The number of nitrogen functional groups attached to an aromatic ring is 1. The van der Waals surface area contributed by atoms with Gasteiger partial charge >= 0.3 is 0 Å². The number of hydrogen-bond donors (Lipinski definition) is 1. The molecule has 0 atom stereocenters. The van der Waals surface area contributed by atoms with Crippen LogP contribution in [0.25, 0.3) is 28.0 Å². The molecule has 1 saturated heterocycles. The molecule has 0 saturated carbocycles. The molecule has 2 aromatic carbocycles. The highest BCUT2D eigenvalue weighted by Crippen LogP contribution is 2.34. The number of methoxy groups -OCH3 is 1. The highest BCUT2D eigenvalue weighted by Gasteiger charge is 2.24. The van der Waals surface area contributed by atoms with Crippen molar-refractivity contribution in [1.29, 1.82) is 0 Å². The number of benzene rings is 2. The fraction of sp³-hybridized carbons (Fsp3) is 0.320. The lowest BCUT2D eigenvalue weighted by Gasteiger charge is -2.36. The Morgan fingerprint density at radius 3 is 2.39 bits per heavy atom. The number of para-hydroxylation sites is 1. The third-order valence-electron chi connectivity index (χ3n) is 6.23. The van der Waals surface area contributed by atoms with Gasteiger partial charge in [-0.05, 0) is 38.1 Å². The van der Waals surface area contributed by atoms with Crippen LogP contribution in [-0.2, 0) is 0 Å². The topological polar surface area (TPSA) is 85.3 Å². The minimum absolute atomic E-state index is 0.519. The zero-order valence-electron chi connectivity index (χ0n) is 19.3. The SMILES string of the molecule is COc1cccc(-c2nc(N3CCN(C(C)C)CC3)nc3nn(-c4ccccc4)c(N)c23)c1. The van der Waals surface area contributed by atoms with Gasteiger partial charge < -0.3 is 15.4 Å². The molecule has 3 heterocycles. The average molecular weight is 444 g/mol. The lowest BCUT2D eigenvalue weighted by atomic mass is 10.1. The first-order valence-corrected chi connectivity index (χ1v) is 11.3. The molecule has 170 valence electrons. The summed E-state index contributed by atoms with van der Waals surface area (Å²) in [5, 5.41) is 5.53. The molecule has 0 unspecified atom stereocenters. The molecule has 0 spiro atoms. The van der Waals surface area contributed by atoms with Crippen LogP contribution in [0.1, 0.15) is 13.8 Å². The van der Waals surface area contributed by atoms with Gasteiger partial charge in [0, 0.05) is 37.8 Å². The first kappa shape index (κ1) is 21.2.